The Labute approximate surface area is 153 Å². The number of halogens is 1. The summed E-state index contributed by atoms with van der Waals surface area (Å²) in [6.07, 6.45) is 3.44. The van der Waals surface area contributed by atoms with Gasteiger partial charge in [0.05, 0.1) is 15.5 Å². The van der Waals surface area contributed by atoms with Crippen LogP contribution in [-0.2, 0) is 4.79 Å². The Hall–Kier alpha value is -2.09. The van der Waals surface area contributed by atoms with E-state index in [9.17, 15) is 9.59 Å². The van der Waals surface area contributed by atoms with E-state index < -0.39 is 5.91 Å². The molecule has 0 unspecified atom stereocenters. The highest BCUT2D eigenvalue weighted by Gasteiger charge is 2.34. The Morgan fingerprint density at radius 1 is 1.42 bits per heavy atom. The van der Waals surface area contributed by atoms with Crippen LogP contribution in [0.5, 0.6) is 0 Å². The van der Waals surface area contributed by atoms with Crippen LogP contribution in [0.4, 0.5) is 0 Å². The number of hydrazine groups is 1. The molecule has 0 bridgehead atoms. The minimum atomic E-state index is -0.488. The number of aromatic amines is 1. The Kier molecular flexibility index (Phi) is 4.75. The van der Waals surface area contributed by atoms with Gasteiger partial charge in [-0.25, -0.2) is 0 Å². The summed E-state index contributed by atoms with van der Waals surface area (Å²) < 4.78 is 0.259. The minimum Gasteiger partial charge on any atom is -0.362 e. The molecule has 0 atom stereocenters. The predicted molar refractivity (Wildman–Crippen MR) is 99.5 cm³/mol. The molecule has 0 aliphatic carbocycles. The second kappa shape index (κ2) is 6.80. The third kappa shape index (κ3) is 3.38. The first kappa shape index (κ1) is 16.8. The van der Waals surface area contributed by atoms with Crippen LogP contribution in [0, 0.1) is 6.92 Å². The monoisotopic (exact) mass is 377 g/mol. The Bertz CT molecular complexity index is 862. The number of rotatable bonds is 3. The van der Waals surface area contributed by atoms with Crippen molar-refractivity contribution in [2.45, 2.75) is 6.92 Å². The molecule has 0 saturated carbocycles. The molecule has 1 fully saturated rings. The average molecular weight is 378 g/mol. The number of amides is 2. The molecule has 122 valence electrons. The summed E-state index contributed by atoms with van der Waals surface area (Å²) in [6.45, 7) is 1.88. The molecule has 1 aromatic carbocycles. The normalized spacial score (nSPS) is 16.1. The molecule has 8 heteroatoms. The number of thiocarbonyl (C=S) groups is 1. The van der Waals surface area contributed by atoms with Gasteiger partial charge in [-0.05, 0) is 55.0 Å². The topological polar surface area (TPSA) is 65.2 Å². The molecule has 24 heavy (non-hydrogen) atoms. The van der Waals surface area contributed by atoms with Crippen molar-refractivity contribution in [2.75, 3.05) is 0 Å². The molecule has 2 amide bonds. The van der Waals surface area contributed by atoms with Crippen LogP contribution < -0.4 is 5.43 Å². The van der Waals surface area contributed by atoms with Crippen LogP contribution in [0.15, 0.2) is 41.4 Å². The van der Waals surface area contributed by atoms with Crippen molar-refractivity contribution in [2.24, 2.45) is 0 Å². The van der Waals surface area contributed by atoms with Gasteiger partial charge in [0.2, 0.25) is 0 Å². The van der Waals surface area contributed by atoms with Crippen LogP contribution in [-0.4, -0.2) is 26.1 Å². The van der Waals surface area contributed by atoms with Gasteiger partial charge in [-0.15, -0.1) is 0 Å². The Morgan fingerprint density at radius 3 is 2.88 bits per heavy atom. The maximum Gasteiger partial charge on any atom is 0.285 e. The van der Waals surface area contributed by atoms with E-state index in [1.54, 1.807) is 30.5 Å². The standard InChI is InChI=1S/C16H12ClN3O2S2/c1-9-4-5-11(12(17)7-9)14(21)19-20-15(22)13(24-16(20)23)8-10-3-2-6-18-10/h2-8,18H,1H3,(H,19,21)/b13-8+. The van der Waals surface area contributed by atoms with Gasteiger partial charge >= 0.3 is 0 Å². The highest BCUT2D eigenvalue weighted by Crippen LogP contribution is 2.31. The number of benzene rings is 1. The van der Waals surface area contributed by atoms with Gasteiger partial charge in [0.25, 0.3) is 11.8 Å². The summed E-state index contributed by atoms with van der Waals surface area (Å²) in [5, 5.41) is 1.38. The molecule has 1 aliphatic heterocycles. The number of H-pyrrole nitrogens is 1. The quantitative estimate of drug-likeness (QED) is 0.634. The van der Waals surface area contributed by atoms with E-state index in [2.05, 4.69) is 10.4 Å². The number of thioether (sulfide) groups is 1. The van der Waals surface area contributed by atoms with E-state index in [0.717, 1.165) is 28.0 Å². The summed E-state index contributed by atoms with van der Waals surface area (Å²) in [7, 11) is 0. The third-order valence-electron chi connectivity index (χ3n) is 3.28. The number of nitrogens with one attached hydrogen (secondary N) is 2. The van der Waals surface area contributed by atoms with Crippen LogP contribution in [0.2, 0.25) is 5.02 Å². The van der Waals surface area contributed by atoms with E-state index in [1.807, 2.05) is 19.1 Å². The van der Waals surface area contributed by atoms with Gasteiger partial charge in [-0.3, -0.25) is 15.0 Å². The second-order valence-electron chi connectivity index (χ2n) is 5.07. The molecule has 2 heterocycles. The van der Waals surface area contributed by atoms with Crippen LogP contribution in [0.3, 0.4) is 0 Å². The lowest BCUT2D eigenvalue weighted by Gasteiger charge is -2.16. The minimum absolute atomic E-state index is 0.259. The van der Waals surface area contributed by atoms with E-state index >= 15 is 0 Å². The first-order valence-corrected chi connectivity index (χ1v) is 8.54. The summed E-state index contributed by atoms with van der Waals surface area (Å²) in [4.78, 5) is 28.2. The average Bonchev–Trinajstić information content (AvgIpc) is 3.11. The summed E-state index contributed by atoms with van der Waals surface area (Å²) >= 11 is 12.4. The van der Waals surface area contributed by atoms with E-state index in [4.69, 9.17) is 23.8 Å². The fourth-order valence-electron chi connectivity index (χ4n) is 2.11. The van der Waals surface area contributed by atoms with Crippen LogP contribution in [0.1, 0.15) is 21.6 Å². The zero-order chi connectivity index (χ0) is 17.3. The first-order valence-electron chi connectivity index (χ1n) is 6.94. The first-order chi connectivity index (χ1) is 11.5. The fraction of sp³-hybridized carbons (Fsp3) is 0.0625. The number of aryl methyl sites for hydroxylation is 1. The van der Waals surface area contributed by atoms with Gasteiger partial charge in [0, 0.05) is 11.9 Å². The molecule has 2 N–H and O–H groups in total. The molecule has 0 radical (unpaired) electrons. The van der Waals surface area contributed by atoms with Crippen molar-refractivity contribution >= 4 is 57.8 Å². The van der Waals surface area contributed by atoms with Gasteiger partial charge in [0.15, 0.2) is 4.32 Å². The van der Waals surface area contributed by atoms with Crippen molar-refractivity contribution in [3.63, 3.8) is 0 Å². The molecule has 1 saturated heterocycles. The molecule has 1 aromatic heterocycles. The van der Waals surface area contributed by atoms with E-state index in [0.29, 0.717) is 9.93 Å². The zero-order valence-corrected chi connectivity index (χ0v) is 14.9. The van der Waals surface area contributed by atoms with Crippen molar-refractivity contribution in [1.29, 1.82) is 0 Å². The van der Waals surface area contributed by atoms with Gasteiger partial charge < -0.3 is 4.98 Å². The second-order valence-corrected chi connectivity index (χ2v) is 7.15. The number of nitrogens with zero attached hydrogens (tertiary/aromatic N) is 1. The number of aromatic nitrogens is 1. The Balaban J connectivity index is 1.79. The van der Waals surface area contributed by atoms with Crippen LogP contribution in [0.25, 0.3) is 6.08 Å². The number of hydrogen-bond acceptors (Lipinski definition) is 4. The molecular formula is C16H12ClN3O2S2. The maximum absolute atomic E-state index is 12.4. The molecule has 1 aliphatic rings. The van der Waals surface area contributed by atoms with E-state index in [1.165, 1.54) is 0 Å². The predicted octanol–water partition coefficient (Wildman–Crippen LogP) is 3.52. The highest BCUT2D eigenvalue weighted by atomic mass is 35.5. The third-order valence-corrected chi connectivity index (χ3v) is 4.90. The summed E-state index contributed by atoms with van der Waals surface area (Å²) in [5.41, 5.74) is 4.52. The van der Waals surface area contributed by atoms with Crippen molar-refractivity contribution < 1.29 is 9.59 Å². The lowest BCUT2D eigenvalue weighted by Crippen LogP contribution is -2.44. The van der Waals surface area contributed by atoms with Gasteiger partial charge in [0.1, 0.15) is 0 Å². The lowest BCUT2D eigenvalue weighted by atomic mass is 10.1. The number of hydrogen-bond donors (Lipinski definition) is 2. The summed E-state index contributed by atoms with van der Waals surface area (Å²) in [6, 6.07) is 8.73. The highest BCUT2D eigenvalue weighted by molar-refractivity contribution is 8.26. The lowest BCUT2D eigenvalue weighted by molar-refractivity contribution is -0.123. The molecule has 2 aromatic rings. The van der Waals surface area contributed by atoms with Gasteiger partial charge in [-0.1, -0.05) is 29.4 Å². The van der Waals surface area contributed by atoms with Crippen LogP contribution >= 0.6 is 35.6 Å². The van der Waals surface area contributed by atoms with E-state index in [-0.39, 0.29) is 15.8 Å². The molecular weight excluding hydrogens is 366 g/mol. The fourth-order valence-corrected chi connectivity index (χ4v) is 3.60. The SMILES string of the molecule is Cc1ccc(C(=O)NN2C(=O)/C(=C\c3ccc[nH]3)SC2=S)c(Cl)c1. The number of carbonyl (C=O) groups excluding carboxylic acids is 2. The smallest absolute Gasteiger partial charge is 0.285 e. The Morgan fingerprint density at radius 2 is 2.21 bits per heavy atom. The molecule has 0 spiro atoms. The molecule has 3 rings (SSSR count). The maximum atomic E-state index is 12.4. The van der Waals surface area contributed by atoms with Crippen molar-refractivity contribution in [1.82, 2.24) is 15.4 Å². The van der Waals surface area contributed by atoms with Gasteiger partial charge in [-0.2, -0.15) is 5.01 Å². The zero-order valence-electron chi connectivity index (χ0n) is 12.5. The molecule has 5 nitrogen and oxygen atoms in total. The van der Waals surface area contributed by atoms with Crippen molar-refractivity contribution in [3.05, 3.63) is 63.3 Å². The summed E-state index contributed by atoms with van der Waals surface area (Å²) in [5.74, 6) is -0.867. The van der Waals surface area contributed by atoms with Crippen molar-refractivity contribution in [3.8, 4) is 0 Å². The largest absolute Gasteiger partial charge is 0.362 e. The number of carbonyl (C=O) groups is 2.